The van der Waals surface area contributed by atoms with E-state index in [1.54, 1.807) is 0 Å². The van der Waals surface area contributed by atoms with Crippen LogP contribution in [0.2, 0.25) is 0 Å². The van der Waals surface area contributed by atoms with Gasteiger partial charge in [0, 0.05) is 25.4 Å². The maximum Gasteiger partial charge on any atom is 0.244 e. The molecule has 0 saturated carbocycles. The molecule has 19 heavy (non-hydrogen) atoms. The molecule has 1 fully saturated rings. The van der Waals surface area contributed by atoms with Gasteiger partial charge in [0.2, 0.25) is 5.91 Å². The number of rotatable bonds is 3. The van der Waals surface area contributed by atoms with Gasteiger partial charge in [-0.1, -0.05) is 32.0 Å². The molecule has 2 N–H and O–H groups in total. The molecule has 1 heterocycles. The summed E-state index contributed by atoms with van der Waals surface area (Å²) in [5.41, 5.74) is 0.933. The van der Waals surface area contributed by atoms with E-state index in [0.717, 1.165) is 12.2 Å². The molecule has 1 aliphatic rings. The Morgan fingerprint density at radius 2 is 2.05 bits per heavy atom. The molecule has 0 aliphatic carbocycles. The Kier molecular flexibility index (Phi) is 4.22. The summed E-state index contributed by atoms with van der Waals surface area (Å²) < 4.78 is 0. The van der Waals surface area contributed by atoms with Crippen molar-refractivity contribution in [1.82, 2.24) is 5.32 Å². The van der Waals surface area contributed by atoms with Crippen molar-refractivity contribution in [2.45, 2.75) is 26.3 Å². The first-order valence-corrected chi connectivity index (χ1v) is 6.74. The molecule has 1 unspecified atom stereocenters. The molecule has 1 atom stereocenters. The smallest absolute Gasteiger partial charge is 0.244 e. The highest BCUT2D eigenvalue weighted by Crippen LogP contribution is 2.25. The largest absolute Gasteiger partial charge is 0.396 e. The molecule has 1 aromatic rings. The SMILES string of the molecule is CC1(C)CNC(CCO)C(=O)N(c2ccccc2)C1. The summed E-state index contributed by atoms with van der Waals surface area (Å²) in [5.74, 6) is 0.0471. The summed E-state index contributed by atoms with van der Waals surface area (Å²) in [4.78, 5) is 14.4. The molecule has 1 amide bonds. The van der Waals surface area contributed by atoms with Crippen molar-refractivity contribution in [3.8, 4) is 0 Å². The van der Waals surface area contributed by atoms with E-state index < -0.39 is 0 Å². The molecule has 4 nitrogen and oxygen atoms in total. The Hall–Kier alpha value is -1.39. The van der Waals surface area contributed by atoms with Crippen molar-refractivity contribution in [1.29, 1.82) is 0 Å². The van der Waals surface area contributed by atoms with Gasteiger partial charge in [0.15, 0.2) is 0 Å². The first-order chi connectivity index (χ1) is 9.03. The number of aliphatic hydroxyl groups is 1. The number of carbonyl (C=O) groups excluding carboxylic acids is 1. The Bertz CT molecular complexity index is 431. The predicted molar refractivity (Wildman–Crippen MR) is 76.1 cm³/mol. The first-order valence-electron chi connectivity index (χ1n) is 6.74. The van der Waals surface area contributed by atoms with E-state index in [-0.39, 0.29) is 24.0 Å². The second kappa shape index (κ2) is 5.72. The Morgan fingerprint density at radius 3 is 2.68 bits per heavy atom. The summed E-state index contributed by atoms with van der Waals surface area (Å²) >= 11 is 0. The minimum absolute atomic E-state index is 0.00963. The van der Waals surface area contributed by atoms with Crippen LogP contribution in [0.1, 0.15) is 20.3 Å². The van der Waals surface area contributed by atoms with Gasteiger partial charge < -0.3 is 15.3 Å². The van der Waals surface area contributed by atoms with E-state index in [1.807, 2.05) is 35.2 Å². The molecular weight excluding hydrogens is 240 g/mol. The highest BCUT2D eigenvalue weighted by molar-refractivity contribution is 5.97. The van der Waals surface area contributed by atoms with Crippen LogP contribution in [0.15, 0.2) is 30.3 Å². The summed E-state index contributed by atoms with van der Waals surface area (Å²) in [6.07, 6.45) is 0.457. The number of para-hydroxylation sites is 1. The van der Waals surface area contributed by atoms with Crippen molar-refractivity contribution >= 4 is 11.6 Å². The van der Waals surface area contributed by atoms with Gasteiger partial charge in [-0.25, -0.2) is 0 Å². The minimum Gasteiger partial charge on any atom is -0.396 e. The summed E-state index contributed by atoms with van der Waals surface area (Å²) in [7, 11) is 0. The van der Waals surface area contributed by atoms with Gasteiger partial charge in [-0.3, -0.25) is 4.79 Å². The molecular formula is C15H22N2O2. The van der Waals surface area contributed by atoms with Crippen LogP contribution in [-0.4, -0.2) is 36.8 Å². The Balaban J connectivity index is 2.29. The number of anilines is 1. The van der Waals surface area contributed by atoms with E-state index in [0.29, 0.717) is 13.0 Å². The van der Waals surface area contributed by atoms with Gasteiger partial charge in [0.1, 0.15) is 0 Å². The van der Waals surface area contributed by atoms with Crippen molar-refractivity contribution < 1.29 is 9.90 Å². The van der Waals surface area contributed by atoms with Crippen LogP contribution in [-0.2, 0) is 4.79 Å². The van der Waals surface area contributed by atoms with Gasteiger partial charge in [0.05, 0.1) is 6.04 Å². The highest BCUT2D eigenvalue weighted by atomic mass is 16.3. The van der Waals surface area contributed by atoms with E-state index in [4.69, 9.17) is 5.11 Å². The van der Waals surface area contributed by atoms with Crippen LogP contribution < -0.4 is 10.2 Å². The number of aliphatic hydroxyl groups excluding tert-OH is 1. The van der Waals surface area contributed by atoms with E-state index >= 15 is 0 Å². The quantitative estimate of drug-likeness (QED) is 0.866. The molecule has 0 bridgehead atoms. The fourth-order valence-electron chi connectivity index (χ4n) is 2.42. The van der Waals surface area contributed by atoms with Crippen molar-refractivity contribution in [2.24, 2.45) is 5.41 Å². The number of amides is 1. The zero-order valence-electron chi connectivity index (χ0n) is 11.6. The first kappa shape index (κ1) is 14.0. The molecule has 104 valence electrons. The van der Waals surface area contributed by atoms with Gasteiger partial charge in [-0.2, -0.15) is 0 Å². The highest BCUT2D eigenvalue weighted by Gasteiger charge is 2.34. The van der Waals surface area contributed by atoms with Crippen LogP contribution in [0.4, 0.5) is 5.69 Å². The maximum atomic E-state index is 12.6. The number of nitrogens with one attached hydrogen (secondary N) is 1. The molecule has 1 aromatic carbocycles. The zero-order valence-corrected chi connectivity index (χ0v) is 11.6. The third kappa shape index (κ3) is 3.33. The standard InChI is InChI=1S/C15H22N2O2/c1-15(2)10-16-13(8-9-18)14(19)17(11-15)12-6-4-3-5-7-12/h3-7,13,16,18H,8-11H2,1-2H3. The fraction of sp³-hybridized carbons (Fsp3) is 0.533. The van der Waals surface area contributed by atoms with Crippen molar-refractivity contribution in [3.63, 3.8) is 0 Å². The lowest BCUT2D eigenvalue weighted by Gasteiger charge is -2.29. The summed E-state index contributed by atoms with van der Waals surface area (Å²) in [6, 6.07) is 9.43. The molecule has 1 aliphatic heterocycles. The summed E-state index contributed by atoms with van der Waals surface area (Å²) in [6.45, 7) is 5.76. The average molecular weight is 262 g/mol. The summed E-state index contributed by atoms with van der Waals surface area (Å²) in [5, 5.41) is 12.4. The normalized spacial score (nSPS) is 23.2. The topological polar surface area (TPSA) is 52.6 Å². The lowest BCUT2D eigenvalue weighted by Crippen LogP contribution is -2.44. The minimum atomic E-state index is -0.299. The lowest BCUT2D eigenvalue weighted by molar-refractivity contribution is -0.120. The molecule has 0 radical (unpaired) electrons. The zero-order chi connectivity index (χ0) is 13.9. The van der Waals surface area contributed by atoms with E-state index in [1.165, 1.54) is 0 Å². The Labute approximate surface area is 114 Å². The molecule has 2 rings (SSSR count). The molecule has 0 aromatic heterocycles. The molecule has 4 heteroatoms. The van der Waals surface area contributed by atoms with Crippen LogP contribution in [0.25, 0.3) is 0 Å². The van der Waals surface area contributed by atoms with Gasteiger partial charge in [-0.05, 0) is 24.0 Å². The second-order valence-corrected chi connectivity index (χ2v) is 5.87. The predicted octanol–water partition coefficient (Wildman–Crippen LogP) is 1.40. The monoisotopic (exact) mass is 262 g/mol. The van der Waals surface area contributed by atoms with Crippen molar-refractivity contribution in [2.75, 3.05) is 24.6 Å². The average Bonchev–Trinajstić information content (AvgIpc) is 2.51. The number of benzene rings is 1. The fourth-order valence-corrected chi connectivity index (χ4v) is 2.42. The molecule has 1 saturated heterocycles. The van der Waals surface area contributed by atoms with Crippen LogP contribution >= 0.6 is 0 Å². The van der Waals surface area contributed by atoms with Gasteiger partial charge in [-0.15, -0.1) is 0 Å². The van der Waals surface area contributed by atoms with E-state index in [2.05, 4.69) is 19.2 Å². The van der Waals surface area contributed by atoms with Crippen molar-refractivity contribution in [3.05, 3.63) is 30.3 Å². The molecule has 0 spiro atoms. The van der Waals surface area contributed by atoms with Crippen LogP contribution in [0.3, 0.4) is 0 Å². The number of nitrogens with zero attached hydrogens (tertiary/aromatic N) is 1. The Morgan fingerprint density at radius 1 is 1.37 bits per heavy atom. The number of carbonyl (C=O) groups is 1. The van der Waals surface area contributed by atoms with Gasteiger partial charge >= 0.3 is 0 Å². The number of hydrogen-bond acceptors (Lipinski definition) is 3. The van der Waals surface area contributed by atoms with E-state index in [9.17, 15) is 4.79 Å². The number of hydrogen-bond donors (Lipinski definition) is 2. The third-order valence-corrected chi connectivity index (χ3v) is 3.46. The second-order valence-electron chi connectivity index (χ2n) is 5.87. The van der Waals surface area contributed by atoms with Gasteiger partial charge in [0.25, 0.3) is 0 Å². The van der Waals surface area contributed by atoms with Crippen LogP contribution in [0.5, 0.6) is 0 Å². The lowest BCUT2D eigenvalue weighted by atomic mass is 9.93. The maximum absolute atomic E-state index is 12.6. The van der Waals surface area contributed by atoms with Crippen LogP contribution in [0, 0.1) is 5.41 Å². The third-order valence-electron chi connectivity index (χ3n) is 3.46.